The Bertz CT molecular complexity index is 333. The van der Waals surface area contributed by atoms with Crippen LogP contribution in [-0.2, 0) is 0 Å². The molecule has 0 saturated heterocycles. The number of benzene rings is 1. The fourth-order valence-electron chi connectivity index (χ4n) is 0.767. The number of hydrogen-bond acceptors (Lipinski definition) is 1. The molecule has 0 aliphatic rings. The lowest BCUT2D eigenvalue weighted by Crippen LogP contribution is -1.93. The Hall–Kier alpha value is -1.15. The van der Waals surface area contributed by atoms with E-state index in [2.05, 4.69) is 6.58 Å². The van der Waals surface area contributed by atoms with Crippen molar-refractivity contribution < 1.29 is 9.18 Å². The summed E-state index contributed by atoms with van der Waals surface area (Å²) in [6.45, 7) is 3.30. The highest BCUT2D eigenvalue weighted by Crippen LogP contribution is 2.16. The number of allylic oxidation sites excluding steroid dienone is 1. The maximum atomic E-state index is 12.6. The fraction of sp³-hybridized carbons (Fsp3) is 0. The fourth-order valence-corrected chi connectivity index (χ4v) is 0.948. The van der Waals surface area contributed by atoms with Crippen molar-refractivity contribution in [2.75, 3.05) is 0 Å². The van der Waals surface area contributed by atoms with Crippen LogP contribution in [0, 0.1) is 5.82 Å². The molecule has 0 spiro atoms. The number of carbonyl (C=O) groups is 1. The molecular weight excluding hydrogens is 179 g/mol. The van der Waals surface area contributed by atoms with E-state index in [1.165, 1.54) is 12.1 Å². The van der Waals surface area contributed by atoms with Gasteiger partial charge in [-0.15, -0.1) is 0 Å². The average molecular weight is 185 g/mol. The predicted molar refractivity (Wildman–Crippen MR) is 45.9 cm³/mol. The monoisotopic (exact) mass is 184 g/mol. The van der Waals surface area contributed by atoms with Crippen LogP contribution in [0.15, 0.2) is 30.9 Å². The molecule has 1 nitrogen and oxygen atoms in total. The van der Waals surface area contributed by atoms with Crippen LogP contribution in [0.25, 0.3) is 0 Å². The average Bonchev–Trinajstić information content (AvgIpc) is 2.08. The van der Waals surface area contributed by atoms with Gasteiger partial charge >= 0.3 is 0 Å². The van der Waals surface area contributed by atoms with Gasteiger partial charge in [0.2, 0.25) is 0 Å². The Morgan fingerprint density at radius 2 is 2.25 bits per heavy atom. The van der Waals surface area contributed by atoms with E-state index >= 15 is 0 Å². The van der Waals surface area contributed by atoms with Crippen molar-refractivity contribution in [3.63, 3.8) is 0 Å². The second kappa shape index (κ2) is 3.50. The molecule has 0 heterocycles. The van der Waals surface area contributed by atoms with Crippen molar-refractivity contribution in [3.8, 4) is 0 Å². The number of ketones is 1. The molecule has 0 unspecified atom stereocenters. The third kappa shape index (κ3) is 1.71. The molecule has 0 amide bonds. The van der Waals surface area contributed by atoms with Crippen molar-refractivity contribution in [2.24, 2.45) is 0 Å². The molecule has 0 saturated carbocycles. The maximum absolute atomic E-state index is 12.6. The van der Waals surface area contributed by atoms with Crippen LogP contribution in [0.4, 0.5) is 4.39 Å². The summed E-state index contributed by atoms with van der Waals surface area (Å²) < 4.78 is 12.6. The van der Waals surface area contributed by atoms with Crippen molar-refractivity contribution in [1.29, 1.82) is 0 Å². The van der Waals surface area contributed by atoms with Gasteiger partial charge in [0.1, 0.15) is 5.82 Å². The SMILES string of the molecule is C=CC(=O)c1ccc(F)c(Cl)c1. The quantitative estimate of drug-likeness (QED) is 0.510. The zero-order valence-corrected chi connectivity index (χ0v) is 6.94. The van der Waals surface area contributed by atoms with Gasteiger partial charge < -0.3 is 0 Å². The summed E-state index contributed by atoms with van der Waals surface area (Å²) in [6.07, 6.45) is 1.16. The van der Waals surface area contributed by atoms with Crippen molar-refractivity contribution >= 4 is 17.4 Å². The summed E-state index contributed by atoms with van der Waals surface area (Å²) in [5, 5.41) is -0.0531. The first-order valence-corrected chi connectivity index (χ1v) is 3.65. The topological polar surface area (TPSA) is 17.1 Å². The van der Waals surface area contributed by atoms with Gasteiger partial charge in [0, 0.05) is 5.56 Å². The Labute approximate surface area is 74.5 Å². The number of rotatable bonds is 2. The highest BCUT2D eigenvalue weighted by molar-refractivity contribution is 6.31. The van der Waals surface area contributed by atoms with Gasteiger partial charge in [-0.2, -0.15) is 0 Å². The minimum Gasteiger partial charge on any atom is -0.289 e. The molecule has 1 aromatic carbocycles. The summed E-state index contributed by atoms with van der Waals surface area (Å²) in [7, 11) is 0. The van der Waals surface area contributed by atoms with Crippen LogP contribution in [0.2, 0.25) is 5.02 Å². The molecular formula is C9H6ClFO. The van der Waals surface area contributed by atoms with Crippen LogP contribution >= 0.6 is 11.6 Å². The lowest BCUT2D eigenvalue weighted by atomic mass is 10.1. The van der Waals surface area contributed by atoms with Crippen LogP contribution in [0.5, 0.6) is 0 Å². The van der Waals surface area contributed by atoms with Gasteiger partial charge in [-0.3, -0.25) is 4.79 Å². The number of carbonyl (C=O) groups excluding carboxylic acids is 1. The number of hydrogen-bond donors (Lipinski definition) is 0. The summed E-state index contributed by atoms with van der Waals surface area (Å²) in [5.41, 5.74) is 0.344. The van der Waals surface area contributed by atoms with Gasteiger partial charge in [-0.1, -0.05) is 18.2 Å². The molecule has 12 heavy (non-hydrogen) atoms. The maximum Gasteiger partial charge on any atom is 0.185 e. The Kier molecular flexibility index (Phi) is 2.61. The van der Waals surface area contributed by atoms with Gasteiger partial charge in [-0.25, -0.2) is 4.39 Å². The molecule has 0 aliphatic heterocycles. The smallest absolute Gasteiger partial charge is 0.185 e. The van der Waals surface area contributed by atoms with Crippen LogP contribution < -0.4 is 0 Å². The van der Waals surface area contributed by atoms with Gasteiger partial charge in [0.15, 0.2) is 5.78 Å². The van der Waals surface area contributed by atoms with E-state index < -0.39 is 5.82 Å². The van der Waals surface area contributed by atoms with Crippen molar-refractivity contribution in [3.05, 3.63) is 47.3 Å². The molecule has 0 aromatic heterocycles. The molecule has 0 bridgehead atoms. The van der Waals surface area contributed by atoms with Gasteiger partial charge in [-0.05, 0) is 24.3 Å². The molecule has 0 fully saturated rings. The Morgan fingerprint density at radius 3 is 2.75 bits per heavy atom. The van der Waals surface area contributed by atoms with E-state index in [1.54, 1.807) is 0 Å². The standard InChI is InChI=1S/C9H6ClFO/c1-2-9(12)6-3-4-8(11)7(10)5-6/h2-5H,1H2. The molecule has 0 radical (unpaired) electrons. The van der Waals surface area contributed by atoms with E-state index in [4.69, 9.17) is 11.6 Å². The highest BCUT2D eigenvalue weighted by Gasteiger charge is 2.04. The first-order valence-electron chi connectivity index (χ1n) is 3.27. The van der Waals surface area contributed by atoms with E-state index in [0.29, 0.717) is 5.56 Å². The van der Waals surface area contributed by atoms with Gasteiger partial charge in [0.25, 0.3) is 0 Å². The molecule has 0 aliphatic carbocycles. The predicted octanol–water partition coefficient (Wildman–Crippen LogP) is 2.85. The summed E-state index contributed by atoms with van der Waals surface area (Å²) in [6, 6.07) is 3.80. The molecule has 3 heteroatoms. The van der Waals surface area contributed by atoms with Crippen LogP contribution in [0.3, 0.4) is 0 Å². The van der Waals surface area contributed by atoms with Gasteiger partial charge in [0.05, 0.1) is 5.02 Å². The highest BCUT2D eigenvalue weighted by atomic mass is 35.5. The van der Waals surface area contributed by atoms with E-state index in [1.807, 2.05) is 0 Å². The zero-order valence-electron chi connectivity index (χ0n) is 6.18. The molecule has 0 atom stereocenters. The largest absolute Gasteiger partial charge is 0.289 e. The summed E-state index contributed by atoms with van der Waals surface area (Å²) in [4.78, 5) is 11.0. The molecule has 62 valence electrons. The lowest BCUT2D eigenvalue weighted by Gasteiger charge is -1.96. The van der Waals surface area contributed by atoms with E-state index in [-0.39, 0.29) is 10.8 Å². The second-order valence-electron chi connectivity index (χ2n) is 2.20. The Morgan fingerprint density at radius 1 is 1.58 bits per heavy atom. The Balaban J connectivity index is 3.13. The van der Waals surface area contributed by atoms with Crippen molar-refractivity contribution in [2.45, 2.75) is 0 Å². The van der Waals surface area contributed by atoms with Crippen LogP contribution in [-0.4, -0.2) is 5.78 Å². The molecule has 0 N–H and O–H groups in total. The third-order valence-electron chi connectivity index (χ3n) is 1.39. The second-order valence-corrected chi connectivity index (χ2v) is 2.60. The summed E-state index contributed by atoms with van der Waals surface area (Å²) in [5.74, 6) is -0.797. The molecule has 1 aromatic rings. The van der Waals surface area contributed by atoms with E-state index in [0.717, 1.165) is 12.1 Å². The first kappa shape index (κ1) is 8.94. The minimum absolute atomic E-state index is 0.0531. The zero-order chi connectivity index (χ0) is 9.14. The summed E-state index contributed by atoms with van der Waals surface area (Å²) >= 11 is 5.45. The van der Waals surface area contributed by atoms with Crippen LogP contribution in [0.1, 0.15) is 10.4 Å². The van der Waals surface area contributed by atoms with E-state index in [9.17, 15) is 9.18 Å². The minimum atomic E-state index is -0.530. The first-order chi connectivity index (χ1) is 5.65. The molecule has 1 rings (SSSR count). The normalized spacial score (nSPS) is 9.50. The van der Waals surface area contributed by atoms with Crippen molar-refractivity contribution in [1.82, 2.24) is 0 Å². The number of halogens is 2. The lowest BCUT2D eigenvalue weighted by molar-refractivity contribution is 0.104. The third-order valence-corrected chi connectivity index (χ3v) is 1.68.